The van der Waals surface area contributed by atoms with Crippen molar-refractivity contribution in [2.24, 2.45) is 0 Å². The molecule has 0 aliphatic carbocycles. The van der Waals surface area contributed by atoms with Crippen molar-refractivity contribution in [3.05, 3.63) is 41.3 Å². The van der Waals surface area contributed by atoms with Crippen LogP contribution in [0.4, 0.5) is 0 Å². The Morgan fingerprint density at radius 1 is 1.33 bits per heavy atom. The molecule has 0 radical (unpaired) electrons. The van der Waals surface area contributed by atoms with Crippen LogP contribution in [-0.2, 0) is 16.6 Å². The van der Waals surface area contributed by atoms with Crippen LogP contribution in [0.25, 0.3) is 0 Å². The van der Waals surface area contributed by atoms with E-state index in [1.54, 1.807) is 24.3 Å². The van der Waals surface area contributed by atoms with Crippen LogP contribution in [0.2, 0.25) is 0 Å². The third kappa shape index (κ3) is 2.91. The largest absolute Gasteiger partial charge is 0.489 e. The molecule has 6 heteroatoms. The minimum absolute atomic E-state index is 0.393. The maximum Gasteiger partial charge on any atom is 0.147 e. The van der Waals surface area contributed by atoms with Gasteiger partial charge in [-0.15, -0.1) is 0 Å². The fourth-order valence-corrected chi connectivity index (χ4v) is 2.16. The van der Waals surface area contributed by atoms with E-state index in [0.29, 0.717) is 17.3 Å². The molecular formula is C12H12ClNO3S. The lowest BCUT2D eigenvalue weighted by Gasteiger charge is -2.05. The number of hydrogen-bond acceptors (Lipinski definition) is 4. The maximum absolute atomic E-state index is 11.0. The van der Waals surface area contributed by atoms with Gasteiger partial charge in [-0.1, -0.05) is 5.16 Å². The Morgan fingerprint density at radius 2 is 2.00 bits per heavy atom. The number of ether oxygens (including phenoxy) is 1. The third-order valence-electron chi connectivity index (χ3n) is 2.57. The van der Waals surface area contributed by atoms with Gasteiger partial charge in [0.05, 0.1) is 16.2 Å². The lowest BCUT2D eigenvalue weighted by Crippen LogP contribution is -1.97. The molecule has 96 valence electrons. The first-order chi connectivity index (χ1) is 8.58. The lowest BCUT2D eigenvalue weighted by molar-refractivity contribution is 0.301. The molecule has 1 atom stereocenters. The van der Waals surface area contributed by atoms with Crippen LogP contribution in [0.3, 0.4) is 0 Å². The second kappa shape index (κ2) is 5.54. The molecule has 0 aliphatic heterocycles. The molecule has 0 saturated carbocycles. The normalized spacial score (nSPS) is 12.4. The number of aryl methyl sites for hydroxylation is 2. The minimum atomic E-state index is -1.49. The zero-order valence-corrected chi connectivity index (χ0v) is 11.5. The van der Waals surface area contributed by atoms with E-state index >= 15 is 0 Å². The summed E-state index contributed by atoms with van der Waals surface area (Å²) in [5.74, 6) is 1.44. The Balaban J connectivity index is 2.04. The van der Waals surface area contributed by atoms with E-state index in [2.05, 4.69) is 5.16 Å². The fraction of sp³-hybridized carbons (Fsp3) is 0.250. The van der Waals surface area contributed by atoms with Gasteiger partial charge in [0.25, 0.3) is 0 Å². The van der Waals surface area contributed by atoms with Gasteiger partial charge in [-0.05, 0) is 48.8 Å². The number of benzene rings is 1. The summed E-state index contributed by atoms with van der Waals surface area (Å²) in [6, 6.07) is 6.80. The van der Waals surface area contributed by atoms with Crippen molar-refractivity contribution in [3.8, 4) is 5.75 Å². The topological polar surface area (TPSA) is 52.3 Å². The maximum atomic E-state index is 11.0. The monoisotopic (exact) mass is 285 g/mol. The first-order valence-electron chi connectivity index (χ1n) is 5.30. The van der Waals surface area contributed by atoms with Crippen LogP contribution >= 0.6 is 10.7 Å². The summed E-state index contributed by atoms with van der Waals surface area (Å²) in [7, 11) is 3.98. The highest BCUT2D eigenvalue weighted by atomic mass is 35.7. The van der Waals surface area contributed by atoms with Crippen LogP contribution in [0.5, 0.6) is 5.75 Å². The number of hydrogen-bond donors (Lipinski definition) is 0. The highest BCUT2D eigenvalue weighted by Crippen LogP contribution is 2.19. The minimum Gasteiger partial charge on any atom is -0.489 e. The Kier molecular flexibility index (Phi) is 4.04. The Morgan fingerprint density at radius 3 is 2.50 bits per heavy atom. The summed E-state index contributed by atoms with van der Waals surface area (Å²) in [6.07, 6.45) is 0. The average molecular weight is 286 g/mol. The van der Waals surface area contributed by atoms with E-state index in [4.69, 9.17) is 19.9 Å². The van der Waals surface area contributed by atoms with Crippen molar-refractivity contribution in [3.63, 3.8) is 0 Å². The van der Waals surface area contributed by atoms with Crippen molar-refractivity contribution in [1.29, 1.82) is 0 Å². The van der Waals surface area contributed by atoms with Crippen LogP contribution in [0, 0.1) is 13.8 Å². The van der Waals surface area contributed by atoms with Gasteiger partial charge in [-0.3, -0.25) is 0 Å². The fourth-order valence-electron chi connectivity index (χ4n) is 1.51. The number of rotatable bonds is 4. The number of aromatic nitrogens is 1. The van der Waals surface area contributed by atoms with Crippen LogP contribution in [0.15, 0.2) is 33.7 Å². The van der Waals surface area contributed by atoms with Gasteiger partial charge < -0.3 is 9.26 Å². The summed E-state index contributed by atoms with van der Waals surface area (Å²) in [6.45, 7) is 4.11. The Labute approximate surface area is 112 Å². The molecule has 0 fully saturated rings. The highest BCUT2D eigenvalue weighted by Gasteiger charge is 2.09. The molecule has 0 amide bonds. The van der Waals surface area contributed by atoms with E-state index in [1.807, 2.05) is 13.8 Å². The van der Waals surface area contributed by atoms with Gasteiger partial charge in [0.1, 0.15) is 28.1 Å². The molecule has 0 spiro atoms. The van der Waals surface area contributed by atoms with Crippen molar-refractivity contribution in [2.75, 3.05) is 0 Å². The Hall–Kier alpha value is -1.33. The SMILES string of the molecule is Cc1noc(C)c1COc1ccc(S(=O)Cl)cc1. The number of halogens is 1. The van der Waals surface area contributed by atoms with Gasteiger partial charge in [0, 0.05) is 0 Å². The van der Waals surface area contributed by atoms with E-state index in [1.165, 1.54) is 0 Å². The Bertz CT molecular complexity index is 546. The van der Waals surface area contributed by atoms with E-state index < -0.39 is 10.0 Å². The predicted molar refractivity (Wildman–Crippen MR) is 69.0 cm³/mol. The van der Waals surface area contributed by atoms with Crippen LogP contribution in [0.1, 0.15) is 17.0 Å². The molecule has 2 aromatic rings. The molecular weight excluding hydrogens is 274 g/mol. The molecule has 0 N–H and O–H groups in total. The zero-order chi connectivity index (χ0) is 13.1. The van der Waals surface area contributed by atoms with Crippen molar-refractivity contribution in [2.45, 2.75) is 25.3 Å². The molecule has 1 heterocycles. The zero-order valence-electron chi connectivity index (χ0n) is 9.97. The van der Waals surface area contributed by atoms with E-state index in [-0.39, 0.29) is 0 Å². The summed E-state index contributed by atoms with van der Waals surface area (Å²) in [5.41, 5.74) is 1.77. The lowest BCUT2D eigenvalue weighted by atomic mass is 10.2. The summed E-state index contributed by atoms with van der Waals surface area (Å²) < 4.78 is 21.7. The van der Waals surface area contributed by atoms with Crippen molar-refractivity contribution >= 4 is 20.7 Å². The van der Waals surface area contributed by atoms with E-state index in [0.717, 1.165) is 17.0 Å². The summed E-state index contributed by atoms with van der Waals surface area (Å²) in [4.78, 5) is 0.557. The second-order valence-corrected chi connectivity index (χ2v) is 5.55. The standard InChI is InChI=1S/C12H12ClNO3S/c1-8-12(9(2)17-14-8)7-16-10-3-5-11(6-4-10)18(13)15/h3-6H,7H2,1-2H3. The summed E-state index contributed by atoms with van der Waals surface area (Å²) in [5, 5.41) is 3.85. The second-order valence-electron chi connectivity index (χ2n) is 3.79. The first kappa shape index (κ1) is 13.1. The molecule has 1 aromatic heterocycles. The third-order valence-corrected chi connectivity index (χ3v) is 3.75. The predicted octanol–water partition coefficient (Wildman–Crippen LogP) is 3.13. The molecule has 1 aromatic carbocycles. The van der Waals surface area contributed by atoms with Crippen LogP contribution in [-0.4, -0.2) is 9.37 Å². The quantitative estimate of drug-likeness (QED) is 0.810. The average Bonchev–Trinajstić information content (AvgIpc) is 2.67. The van der Waals surface area contributed by atoms with Gasteiger partial charge in [-0.2, -0.15) is 0 Å². The van der Waals surface area contributed by atoms with Crippen molar-refractivity contribution < 1.29 is 13.5 Å². The molecule has 2 rings (SSSR count). The smallest absolute Gasteiger partial charge is 0.147 e. The van der Waals surface area contributed by atoms with E-state index in [9.17, 15) is 4.21 Å². The molecule has 18 heavy (non-hydrogen) atoms. The number of nitrogens with zero attached hydrogens (tertiary/aromatic N) is 1. The van der Waals surface area contributed by atoms with Gasteiger partial charge in [0.15, 0.2) is 0 Å². The van der Waals surface area contributed by atoms with Crippen molar-refractivity contribution in [1.82, 2.24) is 5.16 Å². The molecule has 0 aliphatic rings. The molecule has 0 saturated heterocycles. The summed E-state index contributed by atoms with van der Waals surface area (Å²) >= 11 is 0. The van der Waals surface area contributed by atoms with Crippen LogP contribution < -0.4 is 4.74 Å². The van der Waals surface area contributed by atoms with Gasteiger partial charge >= 0.3 is 0 Å². The molecule has 1 unspecified atom stereocenters. The first-order valence-corrected chi connectivity index (χ1v) is 7.28. The molecule has 0 bridgehead atoms. The van der Waals surface area contributed by atoms with Gasteiger partial charge in [0.2, 0.25) is 0 Å². The highest BCUT2D eigenvalue weighted by molar-refractivity contribution is 8.08. The van der Waals surface area contributed by atoms with Gasteiger partial charge in [-0.25, -0.2) is 4.21 Å². The molecule has 4 nitrogen and oxygen atoms in total.